The first-order chi connectivity index (χ1) is 12.7. The van der Waals surface area contributed by atoms with Gasteiger partial charge in [0.2, 0.25) is 0 Å². The number of thioether (sulfide) groups is 1. The first-order valence-electron chi connectivity index (χ1n) is 8.23. The lowest BCUT2D eigenvalue weighted by Gasteiger charge is -2.02. The van der Waals surface area contributed by atoms with Crippen LogP contribution in [0.2, 0.25) is 0 Å². The molecule has 2 heterocycles. The van der Waals surface area contributed by atoms with Gasteiger partial charge in [-0.25, -0.2) is 4.98 Å². The fourth-order valence-electron chi connectivity index (χ4n) is 2.59. The van der Waals surface area contributed by atoms with E-state index >= 15 is 0 Å². The lowest BCUT2D eigenvalue weighted by Crippen LogP contribution is -1.85. The summed E-state index contributed by atoms with van der Waals surface area (Å²) in [5, 5.41) is 11.8. The Morgan fingerprint density at radius 2 is 1.73 bits per heavy atom. The molecule has 0 spiro atoms. The molecule has 4 aromatic rings. The zero-order valence-electron chi connectivity index (χ0n) is 14.5. The van der Waals surface area contributed by atoms with Crippen LogP contribution >= 0.6 is 23.1 Å². The van der Waals surface area contributed by atoms with Crippen molar-refractivity contribution in [1.82, 2.24) is 15.2 Å². The fourth-order valence-corrected chi connectivity index (χ4v) is 4.31. The molecule has 0 fully saturated rings. The number of rotatable bonds is 5. The number of aromatic nitrogens is 3. The molecule has 0 saturated carbocycles. The molecule has 0 saturated heterocycles. The molecule has 2 aromatic heterocycles. The topological polar surface area (TPSA) is 51.8 Å². The van der Waals surface area contributed by atoms with Crippen LogP contribution in [-0.2, 0) is 5.75 Å². The molecule has 0 radical (unpaired) electrons. The molecule has 4 rings (SSSR count). The summed E-state index contributed by atoms with van der Waals surface area (Å²) in [6.45, 7) is 4.20. The number of benzene rings is 2. The lowest BCUT2D eigenvalue weighted by atomic mass is 10.1. The van der Waals surface area contributed by atoms with Crippen molar-refractivity contribution < 1.29 is 4.42 Å². The minimum atomic E-state index is 0.466. The van der Waals surface area contributed by atoms with Gasteiger partial charge in [0.1, 0.15) is 10.7 Å². The van der Waals surface area contributed by atoms with Gasteiger partial charge in [-0.1, -0.05) is 60.3 Å². The molecule has 6 heteroatoms. The van der Waals surface area contributed by atoms with Crippen molar-refractivity contribution in [3.63, 3.8) is 0 Å². The summed E-state index contributed by atoms with van der Waals surface area (Å²) in [4.78, 5) is 4.67. The van der Waals surface area contributed by atoms with Crippen molar-refractivity contribution in [1.29, 1.82) is 0 Å². The Morgan fingerprint density at radius 1 is 0.962 bits per heavy atom. The number of hydrogen-bond donors (Lipinski definition) is 0. The highest BCUT2D eigenvalue weighted by Gasteiger charge is 2.14. The first kappa shape index (κ1) is 17.0. The molecule has 2 aromatic carbocycles. The average molecular weight is 380 g/mol. The molecule has 26 heavy (non-hydrogen) atoms. The van der Waals surface area contributed by atoms with Crippen LogP contribution in [0.1, 0.15) is 16.7 Å². The Kier molecular flexibility index (Phi) is 4.86. The first-order valence-corrected chi connectivity index (χ1v) is 10.1. The van der Waals surface area contributed by atoms with E-state index in [2.05, 4.69) is 53.3 Å². The monoisotopic (exact) mass is 379 g/mol. The summed E-state index contributed by atoms with van der Waals surface area (Å²) < 4.78 is 5.80. The summed E-state index contributed by atoms with van der Waals surface area (Å²) in [6.07, 6.45) is 0. The molecular formula is C20H17N3OS2. The Hall–Kier alpha value is -2.44. The Balaban J connectivity index is 1.50. The van der Waals surface area contributed by atoms with Crippen molar-refractivity contribution >= 4 is 23.1 Å². The molecule has 0 bridgehead atoms. The third-order valence-electron chi connectivity index (χ3n) is 4.12. The Morgan fingerprint density at radius 3 is 2.54 bits per heavy atom. The van der Waals surface area contributed by atoms with Gasteiger partial charge in [0.25, 0.3) is 11.1 Å². The second-order valence-electron chi connectivity index (χ2n) is 5.94. The maximum Gasteiger partial charge on any atom is 0.277 e. The van der Waals surface area contributed by atoms with E-state index in [1.54, 1.807) is 23.1 Å². The number of nitrogens with zero attached hydrogens (tertiary/aromatic N) is 3. The van der Waals surface area contributed by atoms with Gasteiger partial charge in [0.15, 0.2) is 0 Å². The highest BCUT2D eigenvalue weighted by atomic mass is 32.2. The SMILES string of the molecule is Cc1ccccc1CSc1nnc(-c2csc(-c3ccccc3C)n2)o1. The van der Waals surface area contributed by atoms with E-state index < -0.39 is 0 Å². The highest BCUT2D eigenvalue weighted by molar-refractivity contribution is 7.98. The van der Waals surface area contributed by atoms with Gasteiger partial charge in [-0.3, -0.25) is 0 Å². The number of hydrogen-bond acceptors (Lipinski definition) is 6. The van der Waals surface area contributed by atoms with E-state index in [0.29, 0.717) is 11.1 Å². The van der Waals surface area contributed by atoms with Crippen molar-refractivity contribution in [2.24, 2.45) is 0 Å². The minimum absolute atomic E-state index is 0.466. The minimum Gasteiger partial charge on any atom is -0.410 e. The van der Waals surface area contributed by atoms with Gasteiger partial charge in [0, 0.05) is 16.7 Å². The molecule has 0 aliphatic carbocycles. The molecule has 0 unspecified atom stereocenters. The Bertz CT molecular complexity index is 1040. The molecule has 0 amide bonds. The van der Waals surface area contributed by atoms with E-state index in [9.17, 15) is 0 Å². The van der Waals surface area contributed by atoms with E-state index in [1.165, 1.54) is 16.7 Å². The summed E-state index contributed by atoms with van der Waals surface area (Å²) in [5.41, 5.74) is 5.60. The molecule has 0 N–H and O–H groups in total. The maximum atomic E-state index is 5.80. The van der Waals surface area contributed by atoms with Gasteiger partial charge in [-0.2, -0.15) is 0 Å². The maximum absolute atomic E-state index is 5.80. The lowest BCUT2D eigenvalue weighted by molar-refractivity contribution is 0.465. The molecule has 0 aliphatic heterocycles. The van der Waals surface area contributed by atoms with E-state index in [-0.39, 0.29) is 0 Å². The van der Waals surface area contributed by atoms with E-state index in [1.807, 2.05) is 29.6 Å². The van der Waals surface area contributed by atoms with Crippen molar-refractivity contribution in [3.8, 4) is 22.2 Å². The highest BCUT2D eigenvalue weighted by Crippen LogP contribution is 2.31. The molecule has 4 nitrogen and oxygen atoms in total. The van der Waals surface area contributed by atoms with Crippen LogP contribution in [0.3, 0.4) is 0 Å². The van der Waals surface area contributed by atoms with Crippen LogP contribution in [0.25, 0.3) is 22.2 Å². The van der Waals surface area contributed by atoms with Crippen LogP contribution in [0.15, 0.2) is 63.6 Å². The fraction of sp³-hybridized carbons (Fsp3) is 0.150. The van der Waals surface area contributed by atoms with Gasteiger partial charge < -0.3 is 4.42 Å². The predicted octanol–water partition coefficient (Wildman–Crippen LogP) is 5.77. The van der Waals surface area contributed by atoms with Crippen LogP contribution in [0, 0.1) is 13.8 Å². The number of thiazole rings is 1. The normalized spacial score (nSPS) is 11.0. The van der Waals surface area contributed by atoms with Gasteiger partial charge in [0.05, 0.1) is 0 Å². The predicted molar refractivity (Wildman–Crippen MR) is 106 cm³/mol. The third kappa shape index (κ3) is 3.57. The molecule has 0 aliphatic rings. The second-order valence-corrected chi connectivity index (χ2v) is 7.73. The summed E-state index contributed by atoms with van der Waals surface area (Å²) in [7, 11) is 0. The third-order valence-corrected chi connectivity index (χ3v) is 5.86. The van der Waals surface area contributed by atoms with Crippen LogP contribution in [0.5, 0.6) is 0 Å². The van der Waals surface area contributed by atoms with Crippen LogP contribution in [0.4, 0.5) is 0 Å². The zero-order chi connectivity index (χ0) is 17.9. The van der Waals surface area contributed by atoms with Crippen molar-refractivity contribution in [3.05, 3.63) is 70.6 Å². The van der Waals surface area contributed by atoms with Gasteiger partial charge in [-0.05, 0) is 30.5 Å². The summed E-state index contributed by atoms with van der Waals surface area (Å²) in [5.74, 6) is 1.27. The zero-order valence-corrected chi connectivity index (χ0v) is 16.1. The summed E-state index contributed by atoms with van der Waals surface area (Å²) in [6, 6.07) is 16.5. The second kappa shape index (κ2) is 7.43. The Labute approximate surface area is 160 Å². The van der Waals surface area contributed by atoms with E-state index in [0.717, 1.165) is 22.0 Å². The standard InChI is InChI=1S/C20H17N3OS2/c1-13-7-3-5-9-15(13)11-26-20-23-22-18(24-20)17-12-25-19(21-17)16-10-6-4-8-14(16)2/h3-10,12H,11H2,1-2H3. The van der Waals surface area contributed by atoms with Gasteiger partial charge in [-0.15, -0.1) is 21.5 Å². The molecule has 130 valence electrons. The smallest absolute Gasteiger partial charge is 0.277 e. The number of aryl methyl sites for hydroxylation is 2. The van der Waals surface area contributed by atoms with Crippen LogP contribution < -0.4 is 0 Å². The van der Waals surface area contributed by atoms with Gasteiger partial charge >= 0.3 is 0 Å². The average Bonchev–Trinajstić information content (AvgIpc) is 3.31. The largest absolute Gasteiger partial charge is 0.410 e. The molecular weight excluding hydrogens is 362 g/mol. The van der Waals surface area contributed by atoms with E-state index in [4.69, 9.17) is 4.42 Å². The quantitative estimate of drug-likeness (QED) is 0.412. The summed E-state index contributed by atoms with van der Waals surface area (Å²) >= 11 is 3.13. The molecule has 0 atom stereocenters. The van der Waals surface area contributed by atoms with Crippen molar-refractivity contribution in [2.75, 3.05) is 0 Å². The van der Waals surface area contributed by atoms with Crippen LogP contribution in [-0.4, -0.2) is 15.2 Å². The van der Waals surface area contributed by atoms with Crippen molar-refractivity contribution in [2.45, 2.75) is 24.8 Å².